The molecule has 1 fully saturated rings. The van der Waals surface area contributed by atoms with Gasteiger partial charge in [0.1, 0.15) is 5.69 Å². The minimum atomic E-state index is -0.416. The molecule has 2 N–H and O–H groups in total. The molecule has 1 heterocycles. The third-order valence-corrected chi connectivity index (χ3v) is 3.87. The Hall–Kier alpha value is -2.13. The van der Waals surface area contributed by atoms with Crippen molar-refractivity contribution in [1.29, 1.82) is 5.26 Å². The van der Waals surface area contributed by atoms with Crippen LogP contribution in [-0.2, 0) is 0 Å². The van der Waals surface area contributed by atoms with E-state index < -0.39 is 4.92 Å². The number of nitro benzene ring substituents is 1. The van der Waals surface area contributed by atoms with Crippen LogP contribution in [0.1, 0.15) is 46.1 Å². The molecule has 1 aromatic carbocycles. The first-order valence-corrected chi connectivity index (χ1v) is 7.36. The Morgan fingerprint density at radius 1 is 1.32 bits per heavy atom. The summed E-state index contributed by atoms with van der Waals surface area (Å²) < 4.78 is 0. The fourth-order valence-electron chi connectivity index (χ4n) is 3.52. The van der Waals surface area contributed by atoms with Gasteiger partial charge in [-0.25, -0.2) is 0 Å². The van der Waals surface area contributed by atoms with Crippen molar-refractivity contribution in [2.24, 2.45) is 0 Å². The molecule has 0 aliphatic carbocycles. The van der Waals surface area contributed by atoms with E-state index in [2.05, 4.69) is 38.3 Å². The van der Waals surface area contributed by atoms with Gasteiger partial charge in [-0.15, -0.1) is 0 Å². The lowest BCUT2D eigenvalue weighted by Gasteiger charge is -2.46. The van der Waals surface area contributed by atoms with Crippen molar-refractivity contribution in [3.63, 3.8) is 0 Å². The normalized spacial score (nSPS) is 20.1. The van der Waals surface area contributed by atoms with Crippen LogP contribution >= 0.6 is 0 Å². The molecule has 6 heteroatoms. The van der Waals surface area contributed by atoms with Crippen LogP contribution < -0.4 is 10.6 Å². The fourth-order valence-corrected chi connectivity index (χ4v) is 3.52. The zero-order valence-corrected chi connectivity index (χ0v) is 13.4. The first-order valence-electron chi connectivity index (χ1n) is 7.36. The van der Waals surface area contributed by atoms with Crippen LogP contribution in [0.3, 0.4) is 0 Å². The Morgan fingerprint density at radius 2 is 1.91 bits per heavy atom. The van der Waals surface area contributed by atoms with Gasteiger partial charge in [0.05, 0.1) is 16.6 Å². The lowest BCUT2D eigenvalue weighted by Crippen LogP contribution is -2.60. The maximum Gasteiger partial charge on any atom is 0.292 e. The predicted octanol–water partition coefficient (Wildman–Crippen LogP) is 3.19. The Kier molecular flexibility index (Phi) is 4.12. The molecule has 0 spiro atoms. The molecule has 0 saturated carbocycles. The van der Waals surface area contributed by atoms with Gasteiger partial charge in [0.2, 0.25) is 0 Å². The molecular formula is C16H22N4O2. The van der Waals surface area contributed by atoms with Crippen molar-refractivity contribution < 1.29 is 4.92 Å². The minimum absolute atomic E-state index is 0.00754. The first-order chi connectivity index (χ1) is 10.1. The van der Waals surface area contributed by atoms with E-state index in [1.54, 1.807) is 6.07 Å². The molecular weight excluding hydrogens is 280 g/mol. The Balaban J connectivity index is 2.30. The topological polar surface area (TPSA) is 91.0 Å². The number of nitrogens with zero attached hydrogens (tertiary/aromatic N) is 2. The molecule has 6 nitrogen and oxygen atoms in total. The lowest BCUT2D eigenvalue weighted by atomic mass is 9.79. The Morgan fingerprint density at radius 3 is 2.41 bits per heavy atom. The molecule has 118 valence electrons. The van der Waals surface area contributed by atoms with Crippen LogP contribution in [0.25, 0.3) is 0 Å². The van der Waals surface area contributed by atoms with E-state index in [9.17, 15) is 10.1 Å². The summed E-state index contributed by atoms with van der Waals surface area (Å²) in [5.41, 5.74) is 0.735. The summed E-state index contributed by atoms with van der Waals surface area (Å²) in [4.78, 5) is 10.8. The van der Waals surface area contributed by atoms with Crippen LogP contribution in [0.5, 0.6) is 0 Å². The lowest BCUT2D eigenvalue weighted by molar-refractivity contribution is -0.384. The van der Waals surface area contributed by atoms with Crippen LogP contribution in [0.15, 0.2) is 18.2 Å². The summed E-state index contributed by atoms with van der Waals surface area (Å²) in [5, 5.41) is 27.1. The standard InChI is InChI=1S/C16H22N4O2/c1-15(2)8-12(9-16(3,4)19-15)18-13-7-11(10-17)5-6-14(13)20(21)22/h5-7,12,18-19H,8-9H2,1-4H3. The van der Waals surface area contributed by atoms with Crippen molar-refractivity contribution in [2.75, 3.05) is 5.32 Å². The van der Waals surface area contributed by atoms with Crippen molar-refractivity contribution in [3.05, 3.63) is 33.9 Å². The molecule has 1 aromatic rings. The molecule has 0 aromatic heterocycles. The molecule has 0 unspecified atom stereocenters. The second-order valence-corrected chi connectivity index (χ2v) is 7.24. The van der Waals surface area contributed by atoms with Crippen LogP contribution in [0, 0.1) is 21.4 Å². The monoisotopic (exact) mass is 302 g/mol. The van der Waals surface area contributed by atoms with Crippen molar-refractivity contribution in [3.8, 4) is 6.07 Å². The molecule has 1 aliphatic heterocycles. The average Bonchev–Trinajstić information content (AvgIpc) is 2.34. The highest BCUT2D eigenvalue weighted by Crippen LogP contribution is 2.33. The number of rotatable bonds is 3. The molecule has 22 heavy (non-hydrogen) atoms. The van der Waals surface area contributed by atoms with Crippen molar-refractivity contribution in [2.45, 2.75) is 57.7 Å². The molecule has 0 atom stereocenters. The largest absolute Gasteiger partial charge is 0.377 e. The number of benzene rings is 1. The van der Waals surface area contributed by atoms with Gasteiger partial charge in [0.25, 0.3) is 5.69 Å². The molecule has 1 aliphatic rings. The second-order valence-electron chi connectivity index (χ2n) is 7.24. The van der Waals surface area contributed by atoms with Crippen molar-refractivity contribution in [1.82, 2.24) is 5.32 Å². The van der Waals surface area contributed by atoms with E-state index in [0.717, 1.165) is 12.8 Å². The molecule has 1 saturated heterocycles. The molecule has 0 bridgehead atoms. The smallest absolute Gasteiger partial charge is 0.292 e. The maximum absolute atomic E-state index is 11.2. The van der Waals surface area contributed by atoms with Crippen LogP contribution in [0.4, 0.5) is 11.4 Å². The highest BCUT2D eigenvalue weighted by Gasteiger charge is 2.38. The number of piperidine rings is 1. The van der Waals surface area contributed by atoms with Gasteiger partial charge in [0.15, 0.2) is 0 Å². The summed E-state index contributed by atoms with van der Waals surface area (Å²) in [6, 6.07) is 6.55. The van der Waals surface area contributed by atoms with Gasteiger partial charge in [0, 0.05) is 23.2 Å². The fraction of sp³-hybridized carbons (Fsp3) is 0.562. The van der Waals surface area contributed by atoms with E-state index >= 15 is 0 Å². The van der Waals surface area contributed by atoms with Gasteiger partial charge >= 0.3 is 0 Å². The molecule has 0 radical (unpaired) electrons. The highest BCUT2D eigenvalue weighted by atomic mass is 16.6. The van der Waals surface area contributed by atoms with Crippen LogP contribution in [-0.4, -0.2) is 22.0 Å². The number of hydrogen-bond acceptors (Lipinski definition) is 5. The van der Waals surface area contributed by atoms with Gasteiger partial charge in [-0.2, -0.15) is 5.26 Å². The van der Waals surface area contributed by atoms with Crippen LogP contribution in [0.2, 0.25) is 0 Å². The summed E-state index contributed by atoms with van der Waals surface area (Å²) in [6.45, 7) is 8.51. The van der Waals surface area contributed by atoms with E-state index in [-0.39, 0.29) is 22.8 Å². The third-order valence-electron chi connectivity index (χ3n) is 3.87. The van der Waals surface area contributed by atoms with Gasteiger partial charge in [-0.05, 0) is 52.7 Å². The zero-order chi connectivity index (χ0) is 16.5. The van der Waals surface area contributed by atoms with E-state index in [1.165, 1.54) is 12.1 Å². The summed E-state index contributed by atoms with van der Waals surface area (Å²) >= 11 is 0. The molecule has 2 rings (SSSR count). The van der Waals surface area contributed by atoms with E-state index in [0.29, 0.717) is 11.3 Å². The zero-order valence-electron chi connectivity index (χ0n) is 13.4. The second kappa shape index (κ2) is 5.58. The predicted molar refractivity (Wildman–Crippen MR) is 85.7 cm³/mol. The summed E-state index contributed by atoms with van der Waals surface area (Å²) in [5.74, 6) is 0. The summed E-state index contributed by atoms with van der Waals surface area (Å²) in [7, 11) is 0. The number of nitrogens with one attached hydrogen (secondary N) is 2. The van der Waals surface area contributed by atoms with Crippen molar-refractivity contribution >= 4 is 11.4 Å². The van der Waals surface area contributed by atoms with E-state index in [1.807, 2.05) is 6.07 Å². The first kappa shape index (κ1) is 16.2. The number of nitriles is 1. The highest BCUT2D eigenvalue weighted by molar-refractivity contribution is 5.64. The Bertz CT molecular complexity index is 616. The van der Waals surface area contributed by atoms with Gasteiger partial charge < -0.3 is 10.6 Å². The van der Waals surface area contributed by atoms with Gasteiger partial charge in [-0.3, -0.25) is 10.1 Å². The molecule has 0 amide bonds. The third kappa shape index (κ3) is 3.74. The summed E-state index contributed by atoms with van der Waals surface area (Å²) in [6.07, 6.45) is 1.70. The number of hydrogen-bond donors (Lipinski definition) is 2. The van der Waals surface area contributed by atoms with E-state index in [4.69, 9.17) is 5.26 Å². The minimum Gasteiger partial charge on any atom is -0.377 e. The quantitative estimate of drug-likeness (QED) is 0.661. The maximum atomic E-state index is 11.2. The average molecular weight is 302 g/mol. The number of nitro groups is 1. The SMILES string of the molecule is CC1(C)CC(Nc2cc(C#N)ccc2[N+](=O)[O-])CC(C)(C)N1. The number of anilines is 1. The Labute approximate surface area is 130 Å². The van der Waals surface area contributed by atoms with Gasteiger partial charge in [-0.1, -0.05) is 0 Å².